The van der Waals surface area contributed by atoms with Crippen LogP contribution in [0.15, 0.2) is 36.4 Å². The second kappa shape index (κ2) is 6.20. The molecule has 0 fully saturated rings. The highest BCUT2D eigenvalue weighted by molar-refractivity contribution is 7.00. The molecule has 0 bridgehead atoms. The van der Waals surface area contributed by atoms with Gasteiger partial charge < -0.3 is 10.1 Å². The first-order valence-electron chi connectivity index (χ1n) is 6.82. The van der Waals surface area contributed by atoms with Crippen molar-refractivity contribution in [3.05, 3.63) is 53.1 Å². The molecule has 0 aliphatic carbocycles. The fraction of sp³-hybridized carbons (Fsp3) is 0.250. The van der Waals surface area contributed by atoms with Gasteiger partial charge in [-0.15, -0.1) is 0 Å². The predicted octanol–water partition coefficient (Wildman–Crippen LogP) is 3.30. The Bertz CT molecular complexity index is 754. The third-order valence-corrected chi connectivity index (χ3v) is 4.03. The second-order valence-corrected chi connectivity index (χ2v) is 5.49. The number of hydrogen-bond acceptors (Lipinski definition) is 5. The normalized spacial score (nSPS) is 11.0. The maximum Gasteiger partial charge on any atom is 0.122 e. The Balaban J connectivity index is 1.67. The summed E-state index contributed by atoms with van der Waals surface area (Å²) in [5.74, 6) is 0.931. The lowest BCUT2D eigenvalue weighted by molar-refractivity contribution is 0.411. The number of methoxy groups -OCH3 is 1. The minimum absolute atomic E-state index is 0.777. The fourth-order valence-electron chi connectivity index (χ4n) is 2.32. The Kier molecular flexibility index (Phi) is 4.13. The number of hydrogen-bond donors (Lipinski definition) is 1. The number of ether oxygens (including phenoxy) is 1. The zero-order chi connectivity index (χ0) is 14.7. The minimum atomic E-state index is 0.777. The molecule has 0 amide bonds. The number of aryl methyl sites for hydroxylation is 1. The fourth-order valence-corrected chi connectivity index (χ4v) is 2.89. The topological polar surface area (TPSA) is 47.0 Å². The Morgan fingerprint density at radius 2 is 2.05 bits per heavy atom. The number of aromatic nitrogens is 2. The van der Waals surface area contributed by atoms with Crippen molar-refractivity contribution in [1.29, 1.82) is 0 Å². The molecule has 0 unspecified atom stereocenters. The second-order valence-electron chi connectivity index (χ2n) is 4.96. The van der Waals surface area contributed by atoms with Gasteiger partial charge in [0.05, 0.1) is 18.8 Å². The lowest BCUT2D eigenvalue weighted by Crippen LogP contribution is -2.13. The van der Waals surface area contributed by atoms with Crippen LogP contribution < -0.4 is 10.1 Å². The summed E-state index contributed by atoms with van der Waals surface area (Å²) in [5, 5.41) is 3.45. The summed E-state index contributed by atoms with van der Waals surface area (Å²) in [6.45, 7) is 3.62. The average Bonchev–Trinajstić information content (AvgIpc) is 2.98. The van der Waals surface area contributed by atoms with Crippen LogP contribution in [-0.2, 0) is 13.1 Å². The first kappa shape index (κ1) is 14.0. The Labute approximate surface area is 128 Å². The van der Waals surface area contributed by atoms with E-state index < -0.39 is 0 Å². The number of fused-ring (bicyclic) bond motifs is 1. The summed E-state index contributed by atoms with van der Waals surface area (Å²) >= 11 is 1.26. The summed E-state index contributed by atoms with van der Waals surface area (Å²) in [7, 11) is 1.70. The number of rotatable bonds is 5. The summed E-state index contributed by atoms with van der Waals surface area (Å²) in [6.07, 6.45) is 0. The van der Waals surface area contributed by atoms with Crippen molar-refractivity contribution < 1.29 is 4.74 Å². The van der Waals surface area contributed by atoms with Gasteiger partial charge in [0.2, 0.25) is 0 Å². The van der Waals surface area contributed by atoms with Crippen LogP contribution in [-0.4, -0.2) is 15.9 Å². The Morgan fingerprint density at radius 3 is 2.90 bits per heavy atom. The molecule has 0 saturated heterocycles. The molecule has 21 heavy (non-hydrogen) atoms. The van der Waals surface area contributed by atoms with Crippen molar-refractivity contribution in [2.24, 2.45) is 0 Å². The van der Waals surface area contributed by atoms with Crippen molar-refractivity contribution in [1.82, 2.24) is 14.1 Å². The lowest BCUT2D eigenvalue weighted by Gasteiger charge is -2.09. The summed E-state index contributed by atoms with van der Waals surface area (Å²) in [4.78, 5) is 0. The molecule has 2 aromatic carbocycles. The molecule has 3 rings (SSSR count). The zero-order valence-electron chi connectivity index (χ0n) is 12.1. The van der Waals surface area contributed by atoms with E-state index in [1.807, 2.05) is 19.1 Å². The van der Waals surface area contributed by atoms with Gasteiger partial charge in [0.1, 0.15) is 16.8 Å². The molecular weight excluding hydrogens is 282 g/mol. The Morgan fingerprint density at radius 1 is 1.14 bits per heavy atom. The highest BCUT2D eigenvalue weighted by atomic mass is 32.1. The van der Waals surface area contributed by atoms with Gasteiger partial charge in [0.25, 0.3) is 0 Å². The molecule has 1 heterocycles. The number of benzene rings is 2. The molecule has 0 spiro atoms. The summed E-state index contributed by atoms with van der Waals surface area (Å²) in [5.41, 5.74) is 5.51. The summed E-state index contributed by atoms with van der Waals surface area (Å²) < 4.78 is 14.0. The minimum Gasteiger partial charge on any atom is -0.496 e. The standard InChI is InChI=1S/C16H17N3OS/c1-11-6-7-12(8-15(11)20-2)9-17-10-13-4-3-5-14-16(13)19-21-18-14/h3-8,17H,9-10H2,1-2H3. The molecule has 0 aliphatic rings. The highest BCUT2D eigenvalue weighted by Gasteiger charge is 2.05. The monoisotopic (exact) mass is 299 g/mol. The molecule has 108 valence electrons. The Hall–Kier alpha value is -1.98. The van der Waals surface area contributed by atoms with E-state index in [9.17, 15) is 0 Å². The van der Waals surface area contributed by atoms with Crippen LogP contribution in [0.4, 0.5) is 0 Å². The number of nitrogens with zero attached hydrogens (tertiary/aromatic N) is 2. The largest absolute Gasteiger partial charge is 0.496 e. The molecule has 4 nitrogen and oxygen atoms in total. The average molecular weight is 299 g/mol. The molecule has 1 aromatic heterocycles. The molecule has 0 radical (unpaired) electrons. The molecule has 0 atom stereocenters. The zero-order valence-corrected chi connectivity index (χ0v) is 12.9. The van der Waals surface area contributed by atoms with Crippen LogP contribution in [0.1, 0.15) is 16.7 Å². The van der Waals surface area contributed by atoms with Gasteiger partial charge in [-0.3, -0.25) is 0 Å². The smallest absolute Gasteiger partial charge is 0.122 e. The molecule has 0 saturated carbocycles. The van der Waals surface area contributed by atoms with E-state index in [1.54, 1.807) is 7.11 Å². The third-order valence-electron chi connectivity index (χ3n) is 3.49. The van der Waals surface area contributed by atoms with Crippen LogP contribution in [0.3, 0.4) is 0 Å². The predicted molar refractivity (Wildman–Crippen MR) is 85.7 cm³/mol. The first-order valence-corrected chi connectivity index (χ1v) is 7.55. The van der Waals surface area contributed by atoms with Crippen molar-refractivity contribution >= 4 is 22.8 Å². The SMILES string of the molecule is COc1cc(CNCc2cccc3nsnc23)ccc1C. The van der Waals surface area contributed by atoms with Gasteiger partial charge in [0.15, 0.2) is 0 Å². The molecule has 3 aromatic rings. The van der Waals surface area contributed by atoms with Crippen LogP contribution in [0, 0.1) is 6.92 Å². The van der Waals surface area contributed by atoms with Gasteiger partial charge in [-0.05, 0) is 35.7 Å². The van der Waals surface area contributed by atoms with Gasteiger partial charge in [0, 0.05) is 13.1 Å². The van der Waals surface area contributed by atoms with E-state index >= 15 is 0 Å². The molecular formula is C16H17N3OS. The van der Waals surface area contributed by atoms with Crippen molar-refractivity contribution in [3.8, 4) is 5.75 Å². The van der Waals surface area contributed by atoms with E-state index in [0.29, 0.717) is 0 Å². The maximum atomic E-state index is 5.35. The third kappa shape index (κ3) is 3.04. The maximum absolute atomic E-state index is 5.35. The van der Waals surface area contributed by atoms with Gasteiger partial charge in [-0.1, -0.05) is 24.3 Å². The van der Waals surface area contributed by atoms with E-state index in [0.717, 1.165) is 35.4 Å². The first-order chi connectivity index (χ1) is 10.3. The molecule has 5 heteroatoms. The van der Waals surface area contributed by atoms with Crippen molar-refractivity contribution in [3.63, 3.8) is 0 Å². The van der Waals surface area contributed by atoms with E-state index in [-0.39, 0.29) is 0 Å². The number of nitrogens with one attached hydrogen (secondary N) is 1. The van der Waals surface area contributed by atoms with Crippen LogP contribution >= 0.6 is 11.7 Å². The van der Waals surface area contributed by atoms with Gasteiger partial charge >= 0.3 is 0 Å². The lowest BCUT2D eigenvalue weighted by atomic mass is 10.1. The van der Waals surface area contributed by atoms with Crippen molar-refractivity contribution in [2.75, 3.05) is 7.11 Å². The van der Waals surface area contributed by atoms with Crippen LogP contribution in [0.2, 0.25) is 0 Å². The van der Waals surface area contributed by atoms with Crippen molar-refractivity contribution in [2.45, 2.75) is 20.0 Å². The van der Waals surface area contributed by atoms with Gasteiger partial charge in [-0.2, -0.15) is 8.75 Å². The quantitative estimate of drug-likeness (QED) is 0.785. The van der Waals surface area contributed by atoms with Crippen LogP contribution in [0.25, 0.3) is 11.0 Å². The van der Waals surface area contributed by atoms with E-state index in [1.165, 1.54) is 22.9 Å². The van der Waals surface area contributed by atoms with E-state index in [4.69, 9.17) is 4.74 Å². The van der Waals surface area contributed by atoms with Crippen LogP contribution in [0.5, 0.6) is 5.75 Å². The van der Waals surface area contributed by atoms with E-state index in [2.05, 4.69) is 38.3 Å². The highest BCUT2D eigenvalue weighted by Crippen LogP contribution is 2.19. The summed E-state index contributed by atoms with van der Waals surface area (Å²) in [6, 6.07) is 12.4. The molecule has 1 N–H and O–H groups in total. The van der Waals surface area contributed by atoms with Gasteiger partial charge in [-0.25, -0.2) is 0 Å². The molecule has 0 aliphatic heterocycles.